The van der Waals surface area contributed by atoms with E-state index in [0.717, 1.165) is 6.07 Å². The molecule has 0 fully saturated rings. The molecule has 2 rings (SSSR count). The Morgan fingerprint density at radius 3 is 2.48 bits per heavy atom. The highest BCUT2D eigenvalue weighted by Gasteiger charge is 2.35. The third kappa shape index (κ3) is 3.11. The monoisotopic (exact) mass is 380 g/mol. The number of benzene rings is 1. The minimum atomic E-state index is -4.46. The van der Waals surface area contributed by atoms with Crippen molar-refractivity contribution in [2.24, 2.45) is 0 Å². The Morgan fingerprint density at radius 1 is 1.29 bits per heavy atom. The van der Waals surface area contributed by atoms with Crippen LogP contribution in [0.4, 0.5) is 13.2 Å². The lowest BCUT2D eigenvalue weighted by molar-refractivity contribution is -0.137. The Morgan fingerprint density at radius 2 is 1.95 bits per heavy atom. The van der Waals surface area contributed by atoms with E-state index in [2.05, 4.69) is 21.0 Å². The predicted octanol–water partition coefficient (Wildman–Crippen LogP) is 5.57. The van der Waals surface area contributed by atoms with Crippen LogP contribution >= 0.6 is 27.5 Å². The van der Waals surface area contributed by atoms with E-state index >= 15 is 0 Å². The van der Waals surface area contributed by atoms with Gasteiger partial charge >= 0.3 is 6.18 Å². The molecule has 0 saturated carbocycles. The van der Waals surface area contributed by atoms with E-state index in [4.69, 9.17) is 11.6 Å². The molecule has 21 heavy (non-hydrogen) atoms. The smallest absolute Gasteiger partial charge is 0.263 e. The van der Waals surface area contributed by atoms with Gasteiger partial charge in [-0.3, -0.25) is 4.68 Å². The van der Waals surface area contributed by atoms with Gasteiger partial charge in [-0.2, -0.15) is 18.3 Å². The Kier molecular flexibility index (Phi) is 4.68. The van der Waals surface area contributed by atoms with Crippen LogP contribution in [0.2, 0.25) is 5.02 Å². The summed E-state index contributed by atoms with van der Waals surface area (Å²) in [7, 11) is 0. The summed E-state index contributed by atoms with van der Waals surface area (Å²) in [6.45, 7) is 4.13. The molecule has 2 nitrogen and oxygen atoms in total. The van der Waals surface area contributed by atoms with Gasteiger partial charge in [0.2, 0.25) is 0 Å². The Bertz CT molecular complexity index is 665. The van der Waals surface area contributed by atoms with E-state index in [-0.39, 0.29) is 10.6 Å². The summed E-state index contributed by atoms with van der Waals surface area (Å²) in [5.74, 6) is 0. The van der Waals surface area contributed by atoms with Gasteiger partial charge in [-0.15, -0.1) is 0 Å². The lowest BCUT2D eigenvalue weighted by atomic mass is 10.0. The third-order valence-electron chi connectivity index (χ3n) is 3.14. The van der Waals surface area contributed by atoms with Gasteiger partial charge in [-0.05, 0) is 25.5 Å². The molecule has 1 aromatic heterocycles. The summed E-state index contributed by atoms with van der Waals surface area (Å²) in [5, 5.41) is 4.56. The van der Waals surface area contributed by atoms with E-state index < -0.39 is 11.7 Å². The van der Waals surface area contributed by atoms with Gasteiger partial charge in [-0.1, -0.05) is 40.5 Å². The van der Waals surface area contributed by atoms with Crippen molar-refractivity contribution in [1.82, 2.24) is 9.78 Å². The van der Waals surface area contributed by atoms with Crippen molar-refractivity contribution in [3.05, 3.63) is 39.0 Å². The predicted molar refractivity (Wildman–Crippen MR) is 80.4 cm³/mol. The fraction of sp³-hybridized carbons (Fsp3) is 0.357. The Hall–Kier alpha value is -1.01. The number of alkyl halides is 3. The van der Waals surface area contributed by atoms with E-state index in [1.165, 1.54) is 10.7 Å². The summed E-state index contributed by atoms with van der Waals surface area (Å²) < 4.78 is 41.7. The van der Waals surface area contributed by atoms with E-state index in [1.807, 2.05) is 13.8 Å². The van der Waals surface area contributed by atoms with Gasteiger partial charge in [0, 0.05) is 16.6 Å². The van der Waals surface area contributed by atoms with Crippen molar-refractivity contribution >= 4 is 27.5 Å². The zero-order chi connectivity index (χ0) is 15.8. The standard InChI is InChI=1S/C14H13BrClF3N2/c1-3-11-12(16)13(21(4-2)20-11)9-6-5-8(15)7-10(9)14(17,18)19/h5-7H,3-4H2,1-2H3. The minimum Gasteiger partial charge on any atom is -0.263 e. The Balaban J connectivity index is 2.76. The van der Waals surface area contributed by atoms with Crippen molar-refractivity contribution in [3.8, 4) is 11.3 Å². The molecular weight excluding hydrogens is 369 g/mol. The summed E-state index contributed by atoms with van der Waals surface area (Å²) in [6, 6.07) is 4.05. The first-order valence-corrected chi connectivity index (χ1v) is 7.59. The number of hydrogen-bond acceptors (Lipinski definition) is 1. The Labute approximate surface area is 134 Å². The van der Waals surface area contributed by atoms with Gasteiger partial charge in [-0.25, -0.2) is 0 Å². The van der Waals surface area contributed by atoms with E-state index in [9.17, 15) is 13.2 Å². The maximum absolute atomic E-state index is 13.3. The van der Waals surface area contributed by atoms with Crippen LogP contribution in [0.1, 0.15) is 25.1 Å². The lowest BCUT2D eigenvalue weighted by Crippen LogP contribution is -2.09. The highest BCUT2D eigenvalue weighted by Crippen LogP contribution is 2.41. The highest BCUT2D eigenvalue weighted by molar-refractivity contribution is 9.10. The lowest BCUT2D eigenvalue weighted by Gasteiger charge is -2.14. The molecule has 0 amide bonds. The largest absolute Gasteiger partial charge is 0.417 e. The van der Waals surface area contributed by atoms with Crippen molar-refractivity contribution in [2.75, 3.05) is 0 Å². The average molecular weight is 382 g/mol. The molecule has 2 aromatic rings. The number of halogens is 5. The van der Waals surface area contributed by atoms with Crippen LogP contribution in [0.5, 0.6) is 0 Å². The van der Waals surface area contributed by atoms with Crippen molar-refractivity contribution in [3.63, 3.8) is 0 Å². The van der Waals surface area contributed by atoms with Crippen molar-refractivity contribution in [1.29, 1.82) is 0 Å². The average Bonchev–Trinajstić information content (AvgIpc) is 2.74. The van der Waals surface area contributed by atoms with Gasteiger partial charge in [0.1, 0.15) is 0 Å². The van der Waals surface area contributed by atoms with Crippen LogP contribution < -0.4 is 0 Å². The highest BCUT2D eigenvalue weighted by atomic mass is 79.9. The molecule has 0 spiro atoms. The van der Waals surface area contributed by atoms with Gasteiger partial charge in [0.05, 0.1) is 22.0 Å². The molecule has 0 saturated heterocycles. The fourth-order valence-electron chi connectivity index (χ4n) is 2.16. The van der Waals surface area contributed by atoms with Gasteiger partial charge < -0.3 is 0 Å². The normalized spacial score (nSPS) is 12.0. The molecule has 0 aliphatic heterocycles. The second-order valence-electron chi connectivity index (χ2n) is 4.47. The summed E-state index contributed by atoms with van der Waals surface area (Å²) >= 11 is 9.32. The minimum absolute atomic E-state index is 0.0461. The fourth-order valence-corrected chi connectivity index (χ4v) is 2.89. The second-order valence-corrected chi connectivity index (χ2v) is 5.76. The first kappa shape index (κ1) is 16.4. The molecule has 0 aliphatic rings. The molecule has 0 N–H and O–H groups in total. The quantitative estimate of drug-likeness (QED) is 0.680. The van der Waals surface area contributed by atoms with Crippen LogP contribution in [0.3, 0.4) is 0 Å². The summed E-state index contributed by atoms with van der Waals surface area (Å²) in [5.41, 5.74) is 0.237. The molecular formula is C14H13BrClF3N2. The van der Waals surface area contributed by atoms with Crippen molar-refractivity contribution in [2.45, 2.75) is 33.0 Å². The molecule has 0 bridgehead atoms. The van der Waals surface area contributed by atoms with E-state index in [1.54, 1.807) is 6.07 Å². The van der Waals surface area contributed by atoms with Gasteiger partial charge in [0.25, 0.3) is 0 Å². The number of aromatic nitrogens is 2. The van der Waals surface area contributed by atoms with Gasteiger partial charge in [0.15, 0.2) is 0 Å². The molecule has 0 aliphatic carbocycles. The number of aryl methyl sites for hydroxylation is 2. The summed E-state index contributed by atoms with van der Waals surface area (Å²) in [6.07, 6.45) is -3.89. The zero-order valence-corrected chi connectivity index (χ0v) is 13.8. The number of hydrogen-bond donors (Lipinski definition) is 0. The number of rotatable bonds is 3. The molecule has 0 radical (unpaired) electrons. The molecule has 1 aromatic carbocycles. The van der Waals surface area contributed by atoms with Crippen LogP contribution in [-0.4, -0.2) is 9.78 Å². The maximum atomic E-state index is 13.3. The summed E-state index contributed by atoms with van der Waals surface area (Å²) in [4.78, 5) is 0. The molecule has 0 atom stereocenters. The van der Waals surface area contributed by atoms with Crippen LogP contribution in [0, 0.1) is 0 Å². The first-order chi connectivity index (χ1) is 9.79. The maximum Gasteiger partial charge on any atom is 0.417 e. The molecule has 7 heteroatoms. The van der Waals surface area contributed by atoms with Crippen LogP contribution in [0.25, 0.3) is 11.3 Å². The molecule has 114 valence electrons. The topological polar surface area (TPSA) is 17.8 Å². The molecule has 0 unspecified atom stereocenters. The van der Waals surface area contributed by atoms with Crippen LogP contribution in [0.15, 0.2) is 22.7 Å². The van der Waals surface area contributed by atoms with Crippen molar-refractivity contribution < 1.29 is 13.2 Å². The number of nitrogens with zero attached hydrogens (tertiary/aromatic N) is 2. The third-order valence-corrected chi connectivity index (χ3v) is 4.03. The molecule has 1 heterocycles. The first-order valence-electron chi connectivity index (χ1n) is 6.41. The SMILES string of the molecule is CCc1nn(CC)c(-c2ccc(Br)cc2C(F)(F)F)c1Cl. The van der Waals surface area contributed by atoms with Crippen LogP contribution in [-0.2, 0) is 19.1 Å². The van der Waals surface area contributed by atoms with E-state index in [0.29, 0.717) is 28.8 Å². The zero-order valence-electron chi connectivity index (χ0n) is 11.4. The second kappa shape index (κ2) is 6.01.